The van der Waals surface area contributed by atoms with Crippen LogP contribution in [0.2, 0.25) is 0 Å². The quantitative estimate of drug-likeness (QED) is 0.579. The number of carboxylic acid groups (broad SMARTS) is 1. The van der Waals surface area contributed by atoms with Crippen LogP contribution in [0.5, 0.6) is 0 Å². The zero-order valence-electron chi connectivity index (χ0n) is 15.0. The van der Waals surface area contributed by atoms with Crippen molar-refractivity contribution in [2.24, 2.45) is 0 Å². The van der Waals surface area contributed by atoms with Crippen LogP contribution in [0, 0.1) is 0 Å². The number of aliphatic hydroxyl groups excluding tert-OH is 2. The van der Waals surface area contributed by atoms with Gasteiger partial charge in [-0.3, -0.25) is 14.8 Å². The van der Waals surface area contributed by atoms with E-state index in [1.54, 1.807) is 17.5 Å². The van der Waals surface area contributed by atoms with Crippen LogP contribution in [0.25, 0.3) is 10.6 Å². The first kappa shape index (κ1) is 20.0. The molecule has 4 rings (SSSR count). The molecular formula is C18H25N3O5S. The lowest BCUT2D eigenvalue weighted by Crippen LogP contribution is -2.54. The summed E-state index contributed by atoms with van der Waals surface area (Å²) in [6.45, 7) is 2.86. The molecule has 4 heterocycles. The number of hydrogen-bond donors (Lipinski definition) is 4. The summed E-state index contributed by atoms with van der Waals surface area (Å²) in [5.74, 6) is 0. The lowest BCUT2D eigenvalue weighted by molar-refractivity contribution is -0.188. The lowest BCUT2D eigenvalue weighted by Gasteiger charge is -2.46. The van der Waals surface area contributed by atoms with Crippen LogP contribution in [0.4, 0.5) is 0 Å². The van der Waals surface area contributed by atoms with Crippen molar-refractivity contribution < 1.29 is 24.9 Å². The summed E-state index contributed by atoms with van der Waals surface area (Å²) in [5.41, 5.74) is 0.818. The molecule has 2 aliphatic heterocycles. The maximum Gasteiger partial charge on any atom is 0.290 e. The van der Waals surface area contributed by atoms with Gasteiger partial charge in [0.05, 0.1) is 28.9 Å². The molecule has 0 saturated carbocycles. The van der Waals surface area contributed by atoms with Gasteiger partial charge in [0.1, 0.15) is 6.10 Å². The molecule has 0 unspecified atom stereocenters. The normalized spacial score (nSPS) is 25.0. The van der Waals surface area contributed by atoms with Crippen molar-refractivity contribution in [3.8, 4) is 10.6 Å². The Hall–Kier alpha value is -1.78. The highest BCUT2D eigenvalue weighted by Gasteiger charge is 2.42. The third kappa shape index (κ3) is 4.94. The fourth-order valence-electron chi connectivity index (χ4n) is 3.64. The monoisotopic (exact) mass is 395 g/mol. The van der Waals surface area contributed by atoms with Crippen LogP contribution in [0.15, 0.2) is 24.4 Å². The highest BCUT2D eigenvalue weighted by atomic mass is 32.1. The number of aromatic nitrogens is 2. The van der Waals surface area contributed by atoms with Crippen molar-refractivity contribution in [2.45, 2.75) is 43.6 Å². The zero-order valence-corrected chi connectivity index (χ0v) is 15.8. The van der Waals surface area contributed by atoms with E-state index in [-0.39, 0.29) is 18.7 Å². The van der Waals surface area contributed by atoms with Gasteiger partial charge in [-0.1, -0.05) is 0 Å². The van der Waals surface area contributed by atoms with Crippen molar-refractivity contribution in [3.63, 3.8) is 0 Å². The van der Waals surface area contributed by atoms with E-state index in [0.29, 0.717) is 6.42 Å². The minimum absolute atomic E-state index is 0.244. The van der Waals surface area contributed by atoms with E-state index in [4.69, 9.17) is 14.6 Å². The second-order valence-corrected chi connectivity index (χ2v) is 8.12. The van der Waals surface area contributed by atoms with Gasteiger partial charge in [0, 0.05) is 37.1 Å². The van der Waals surface area contributed by atoms with Gasteiger partial charge in [-0.05, 0) is 31.0 Å². The summed E-state index contributed by atoms with van der Waals surface area (Å²) in [6, 6.07) is 6.31. The van der Waals surface area contributed by atoms with E-state index in [1.807, 2.05) is 6.07 Å². The third-order valence-electron chi connectivity index (χ3n) is 5.16. The molecule has 0 amide bonds. The van der Waals surface area contributed by atoms with Crippen molar-refractivity contribution in [3.05, 3.63) is 29.3 Å². The third-order valence-corrected chi connectivity index (χ3v) is 6.26. The molecule has 8 nitrogen and oxygen atoms in total. The molecule has 148 valence electrons. The van der Waals surface area contributed by atoms with Crippen LogP contribution in [0.3, 0.4) is 0 Å². The highest BCUT2D eigenvalue weighted by Crippen LogP contribution is 2.36. The number of aromatic amines is 1. The topological polar surface area (TPSA) is 119 Å². The number of ether oxygens (including phenoxy) is 1. The smallest absolute Gasteiger partial charge is 0.290 e. The Labute approximate surface area is 161 Å². The predicted octanol–water partition coefficient (Wildman–Crippen LogP) is 1.32. The number of likely N-dealkylation sites (tertiary alicyclic amines) is 1. The minimum atomic E-state index is -0.735. The Morgan fingerprint density at radius 3 is 2.67 bits per heavy atom. The molecule has 0 bridgehead atoms. The Morgan fingerprint density at radius 2 is 2.04 bits per heavy atom. The van der Waals surface area contributed by atoms with Gasteiger partial charge in [0.2, 0.25) is 0 Å². The van der Waals surface area contributed by atoms with E-state index in [0.717, 1.165) is 38.2 Å². The van der Waals surface area contributed by atoms with E-state index in [9.17, 15) is 10.2 Å². The Bertz CT molecular complexity index is 712. The molecule has 2 saturated heterocycles. The van der Waals surface area contributed by atoms with Gasteiger partial charge in [-0.15, -0.1) is 11.3 Å². The number of piperidine rings is 1. The number of nitrogens with zero attached hydrogens (tertiary/aromatic N) is 2. The standard InChI is InChI=1S/C17H23N3O3S.CH2O2/c21-14-9-17(23-11-15(14)22)4-7-20(8-5-17)10-12-1-2-16(24-12)13-3-6-18-19-13;2-1-3/h1-3,6,14-15,21-22H,4-5,7-11H2,(H,18,19);1H,(H,2,3)/t14-,15+;/m1./s1. The molecule has 2 atom stereocenters. The highest BCUT2D eigenvalue weighted by molar-refractivity contribution is 7.15. The first-order valence-corrected chi connectivity index (χ1v) is 9.76. The van der Waals surface area contributed by atoms with E-state index >= 15 is 0 Å². The number of aliphatic hydroxyl groups is 2. The number of thiophene rings is 1. The summed E-state index contributed by atoms with van der Waals surface area (Å²) >= 11 is 1.79. The van der Waals surface area contributed by atoms with Crippen LogP contribution in [-0.4, -0.2) is 74.4 Å². The van der Waals surface area contributed by atoms with Crippen LogP contribution in [0.1, 0.15) is 24.1 Å². The number of carbonyl (C=O) groups is 1. The summed E-state index contributed by atoms with van der Waals surface area (Å²) in [4.78, 5) is 13.4. The first-order chi connectivity index (χ1) is 13.0. The van der Waals surface area contributed by atoms with Gasteiger partial charge in [-0.25, -0.2) is 0 Å². The Balaban J connectivity index is 0.000000659. The Morgan fingerprint density at radius 1 is 1.30 bits per heavy atom. The fourth-order valence-corrected chi connectivity index (χ4v) is 4.66. The molecular weight excluding hydrogens is 370 g/mol. The predicted molar refractivity (Wildman–Crippen MR) is 100 cm³/mol. The van der Waals surface area contributed by atoms with E-state index in [1.165, 1.54) is 9.75 Å². The molecule has 2 aromatic heterocycles. The largest absolute Gasteiger partial charge is 0.483 e. The molecule has 1 spiro atoms. The number of hydrogen-bond acceptors (Lipinski definition) is 7. The molecule has 9 heteroatoms. The van der Waals surface area contributed by atoms with Gasteiger partial charge in [0.15, 0.2) is 0 Å². The van der Waals surface area contributed by atoms with Crippen molar-refractivity contribution in [1.29, 1.82) is 0 Å². The average molecular weight is 395 g/mol. The number of H-pyrrole nitrogens is 1. The molecule has 2 aromatic rings. The Kier molecular flexibility index (Phi) is 6.61. The van der Waals surface area contributed by atoms with Crippen LogP contribution < -0.4 is 0 Å². The van der Waals surface area contributed by atoms with Crippen molar-refractivity contribution in [2.75, 3.05) is 19.7 Å². The molecule has 0 aromatic carbocycles. The van der Waals surface area contributed by atoms with Gasteiger partial charge in [-0.2, -0.15) is 5.10 Å². The minimum Gasteiger partial charge on any atom is -0.483 e. The van der Waals surface area contributed by atoms with E-state index in [2.05, 4.69) is 27.2 Å². The molecule has 2 fully saturated rings. The second kappa shape index (κ2) is 8.94. The van der Waals surface area contributed by atoms with E-state index < -0.39 is 12.2 Å². The summed E-state index contributed by atoms with van der Waals surface area (Å²) < 4.78 is 5.90. The molecule has 0 radical (unpaired) electrons. The molecule has 0 aliphatic carbocycles. The maximum absolute atomic E-state index is 9.94. The van der Waals surface area contributed by atoms with Gasteiger partial charge < -0.3 is 20.1 Å². The maximum atomic E-state index is 9.94. The molecule has 2 aliphatic rings. The average Bonchev–Trinajstić information content (AvgIpc) is 3.33. The van der Waals surface area contributed by atoms with Crippen molar-refractivity contribution in [1.82, 2.24) is 15.1 Å². The summed E-state index contributed by atoms with van der Waals surface area (Å²) in [6.07, 6.45) is 2.75. The van der Waals surface area contributed by atoms with Crippen LogP contribution >= 0.6 is 11.3 Å². The first-order valence-electron chi connectivity index (χ1n) is 8.94. The van der Waals surface area contributed by atoms with Gasteiger partial charge >= 0.3 is 0 Å². The summed E-state index contributed by atoms with van der Waals surface area (Å²) in [5, 5.41) is 33.5. The number of rotatable bonds is 3. The SMILES string of the molecule is O=CO.O[C@@H]1CC2(CCN(Cc3ccc(-c4ccn[nH]4)s3)CC2)OC[C@@H]1O. The zero-order chi connectivity index (χ0) is 19.3. The molecule has 4 N–H and O–H groups in total. The molecule has 27 heavy (non-hydrogen) atoms. The summed E-state index contributed by atoms with van der Waals surface area (Å²) in [7, 11) is 0. The fraction of sp³-hybridized carbons (Fsp3) is 0.556. The van der Waals surface area contributed by atoms with Crippen molar-refractivity contribution >= 4 is 17.8 Å². The lowest BCUT2D eigenvalue weighted by atomic mass is 9.82. The van der Waals surface area contributed by atoms with Gasteiger partial charge in [0.25, 0.3) is 6.47 Å². The second-order valence-electron chi connectivity index (χ2n) is 6.95. The van der Waals surface area contributed by atoms with Crippen LogP contribution in [-0.2, 0) is 16.1 Å². The number of nitrogens with one attached hydrogen (secondary N) is 1.